The number of esters is 1. The van der Waals surface area contributed by atoms with Gasteiger partial charge in [-0.05, 0) is 38.2 Å². The Hall–Kier alpha value is -1.00. The molecule has 0 bridgehead atoms. The molecule has 0 aliphatic heterocycles. The fourth-order valence-electron chi connectivity index (χ4n) is 2.62. The van der Waals surface area contributed by atoms with Gasteiger partial charge in [0.1, 0.15) is 5.54 Å². The van der Waals surface area contributed by atoms with Crippen LogP contribution in [-0.2, 0) is 15.3 Å². The van der Waals surface area contributed by atoms with E-state index in [1.807, 2.05) is 0 Å². The highest BCUT2D eigenvalue weighted by molar-refractivity contribution is 7.98. The molecule has 0 saturated heterocycles. The smallest absolute Gasteiger partial charge is 0.326 e. The summed E-state index contributed by atoms with van der Waals surface area (Å²) in [6, 6.07) is 6.54. The van der Waals surface area contributed by atoms with Gasteiger partial charge >= 0.3 is 5.97 Å². The average molecular weight is 293 g/mol. The number of carbonyl (C=O) groups is 1. The van der Waals surface area contributed by atoms with Gasteiger partial charge in [-0.15, -0.1) is 0 Å². The Bertz CT molecular complexity index is 479. The molecule has 1 fully saturated rings. The maximum absolute atomic E-state index is 11.9. The second kappa shape index (κ2) is 6.19. The van der Waals surface area contributed by atoms with Gasteiger partial charge in [0.05, 0.1) is 7.11 Å². The number of ether oxygens (including phenoxy) is 1. The number of rotatable bonds is 6. The SMILES string of the molecule is COC(=O)C(N)(CSCc1cc(C)cc(C)c1)C1CC1. The van der Waals surface area contributed by atoms with E-state index < -0.39 is 5.54 Å². The van der Waals surface area contributed by atoms with Crippen molar-refractivity contribution in [3.63, 3.8) is 0 Å². The molecule has 1 unspecified atom stereocenters. The summed E-state index contributed by atoms with van der Waals surface area (Å²) in [6.45, 7) is 4.21. The Morgan fingerprint density at radius 2 is 1.95 bits per heavy atom. The lowest BCUT2D eigenvalue weighted by Crippen LogP contribution is -2.53. The summed E-state index contributed by atoms with van der Waals surface area (Å²) in [4.78, 5) is 11.9. The first-order valence-corrected chi connectivity index (χ1v) is 8.13. The number of carbonyl (C=O) groups excluding carboxylic acids is 1. The summed E-state index contributed by atoms with van der Waals surface area (Å²) < 4.78 is 4.88. The molecular formula is C16H23NO2S. The summed E-state index contributed by atoms with van der Waals surface area (Å²) in [7, 11) is 1.42. The maximum atomic E-state index is 11.9. The van der Waals surface area contributed by atoms with Gasteiger partial charge in [0, 0.05) is 11.5 Å². The van der Waals surface area contributed by atoms with E-state index in [0.29, 0.717) is 11.7 Å². The monoisotopic (exact) mass is 293 g/mol. The van der Waals surface area contributed by atoms with E-state index in [0.717, 1.165) is 18.6 Å². The normalized spacial score (nSPS) is 17.6. The third kappa shape index (κ3) is 3.55. The molecule has 2 rings (SSSR count). The van der Waals surface area contributed by atoms with Crippen molar-refractivity contribution in [1.29, 1.82) is 0 Å². The van der Waals surface area contributed by atoms with Crippen molar-refractivity contribution in [3.05, 3.63) is 34.9 Å². The highest BCUT2D eigenvalue weighted by Crippen LogP contribution is 2.41. The van der Waals surface area contributed by atoms with Gasteiger partial charge in [0.15, 0.2) is 0 Å². The molecule has 3 nitrogen and oxygen atoms in total. The van der Waals surface area contributed by atoms with Crippen LogP contribution >= 0.6 is 11.8 Å². The molecule has 0 heterocycles. The van der Waals surface area contributed by atoms with Gasteiger partial charge in [-0.1, -0.05) is 29.3 Å². The Morgan fingerprint density at radius 1 is 1.35 bits per heavy atom. The number of aryl methyl sites for hydroxylation is 2. The predicted molar refractivity (Wildman–Crippen MR) is 83.7 cm³/mol. The van der Waals surface area contributed by atoms with Crippen LogP contribution in [0.3, 0.4) is 0 Å². The molecule has 1 aromatic carbocycles. The van der Waals surface area contributed by atoms with Crippen molar-refractivity contribution < 1.29 is 9.53 Å². The highest BCUT2D eigenvalue weighted by atomic mass is 32.2. The minimum atomic E-state index is -0.807. The number of hydrogen-bond donors (Lipinski definition) is 1. The highest BCUT2D eigenvalue weighted by Gasteiger charge is 2.48. The predicted octanol–water partition coefficient (Wildman–Crippen LogP) is 2.82. The van der Waals surface area contributed by atoms with Gasteiger partial charge < -0.3 is 10.5 Å². The van der Waals surface area contributed by atoms with E-state index in [2.05, 4.69) is 32.0 Å². The molecule has 110 valence electrons. The van der Waals surface area contributed by atoms with Crippen molar-refractivity contribution >= 4 is 17.7 Å². The molecule has 1 aliphatic carbocycles. The Labute approximate surface area is 125 Å². The Morgan fingerprint density at radius 3 is 2.45 bits per heavy atom. The van der Waals surface area contributed by atoms with E-state index in [9.17, 15) is 4.79 Å². The molecule has 0 radical (unpaired) electrons. The number of benzene rings is 1. The number of methoxy groups -OCH3 is 1. The summed E-state index contributed by atoms with van der Waals surface area (Å²) in [5, 5.41) is 0. The zero-order valence-corrected chi connectivity index (χ0v) is 13.3. The van der Waals surface area contributed by atoms with E-state index in [4.69, 9.17) is 10.5 Å². The molecule has 1 aromatic rings. The van der Waals surface area contributed by atoms with Gasteiger partial charge in [-0.3, -0.25) is 4.79 Å². The van der Waals surface area contributed by atoms with Gasteiger partial charge in [-0.25, -0.2) is 0 Å². The first-order chi connectivity index (χ1) is 9.45. The molecule has 2 N–H and O–H groups in total. The van der Waals surface area contributed by atoms with E-state index in [1.54, 1.807) is 11.8 Å². The molecule has 1 saturated carbocycles. The summed E-state index contributed by atoms with van der Waals surface area (Å²) in [6.07, 6.45) is 2.07. The number of nitrogens with two attached hydrogens (primary N) is 1. The fourth-order valence-corrected chi connectivity index (χ4v) is 3.82. The van der Waals surface area contributed by atoms with Gasteiger partial charge in [0.25, 0.3) is 0 Å². The molecule has 1 aliphatic rings. The zero-order valence-electron chi connectivity index (χ0n) is 12.4. The molecule has 4 heteroatoms. The standard InChI is InChI=1S/C16H23NO2S/c1-11-6-12(2)8-13(7-11)9-20-10-16(17,14-4-5-14)15(18)19-3/h6-8,14H,4-5,9-10,17H2,1-3H3. The summed E-state index contributed by atoms with van der Waals surface area (Å²) >= 11 is 1.72. The second-order valence-electron chi connectivity index (χ2n) is 5.79. The molecular weight excluding hydrogens is 270 g/mol. The molecule has 20 heavy (non-hydrogen) atoms. The quantitative estimate of drug-likeness (QED) is 0.819. The van der Waals surface area contributed by atoms with Crippen molar-refractivity contribution in [2.45, 2.75) is 38.0 Å². The first-order valence-electron chi connectivity index (χ1n) is 6.98. The van der Waals surface area contributed by atoms with Crippen LogP contribution in [0.4, 0.5) is 0 Å². The third-order valence-corrected chi connectivity index (χ3v) is 4.98. The lowest BCUT2D eigenvalue weighted by atomic mass is 9.97. The minimum absolute atomic E-state index is 0.270. The number of hydrogen-bond acceptors (Lipinski definition) is 4. The van der Waals surface area contributed by atoms with Crippen LogP contribution in [0, 0.1) is 19.8 Å². The van der Waals surface area contributed by atoms with Crippen LogP contribution in [0.15, 0.2) is 18.2 Å². The molecule has 1 atom stereocenters. The van der Waals surface area contributed by atoms with E-state index in [-0.39, 0.29) is 5.97 Å². The Balaban J connectivity index is 1.95. The van der Waals surface area contributed by atoms with Crippen molar-refractivity contribution in [3.8, 4) is 0 Å². The maximum Gasteiger partial charge on any atom is 0.326 e. The summed E-state index contributed by atoms with van der Waals surface area (Å²) in [5.74, 6) is 1.53. The van der Waals surface area contributed by atoms with Gasteiger partial charge in [0.2, 0.25) is 0 Å². The zero-order chi connectivity index (χ0) is 14.8. The third-order valence-electron chi connectivity index (χ3n) is 3.76. The fraction of sp³-hybridized carbons (Fsp3) is 0.562. The van der Waals surface area contributed by atoms with Crippen LogP contribution < -0.4 is 5.73 Å². The van der Waals surface area contributed by atoms with Crippen molar-refractivity contribution in [2.75, 3.05) is 12.9 Å². The molecule has 0 aromatic heterocycles. The topological polar surface area (TPSA) is 52.3 Å². The van der Waals surface area contributed by atoms with Crippen molar-refractivity contribution in [1.82, 2.24) is 0 Å². The largest absolute Gasteiger partial charge is 0.468 e. The lowest BCUT2D eigenvalue weighted by Gasteiger charge is -2.26. The summed E-state index contributed by atoms with van der Waals surface area (Å²) in [5.41, 5.74) is 9.31. The van der Waals surface area contributed by atoms with Crippen LogP contribution in [0.25, 0.3) is 0 Å². The van der Waals surface area contributed by atoms with E-state index in [1.165, 1.54) is 23.8 Å². The average Bonchev–Trinajstić information content (AvgIpc) is 3.20. The molecule has 0 spiro atoms. The van der Waals surface area contributed by atoms with Crippen LogP contribution in [0.1, 0.15) is 29.5 Å². The lowest BCUT2D eigenvalue weighted by molar-refractivity contribution is -0.146. The molecule has 0 amide bonds. The van der Waals surface area contributed by atoms with Gasteiger partial charge in [-0.2, -0.15) is 11.8 Å². The van der Waals surface area contributed by atoms with Crippen LogP contribution in [-0.4, -0.2) is 24.4 Å². The minimum Gasteiger partial charge on any atom is -0.468 e. The second-order valence-corrected chi connectivity index (χ2v) is 6.78. The first kappa shape index (κ1) is 15.4. The van der Waals surface area contributed by atoms with Crippen molar-refractivity contribution in [2.24, 2.45) is 11.7 Å². The number of thioether (sulfide) groups is 1. The van der Waals surface area contributed by atoms with Crippen LogP contribution in [0.5, 0.6) is 0 Å². The van der Waals surface area contributed by atoms with Crippen LogP contribution in [0.2, 0.25) is 0 Å². The Kier molecular flexibility index (Phi) is 4.76. The van der Waals surface area contributed by atoms with E-state index >= 15 is 0 Å².